The maximum Gasteiger partial charge on any atom is 0.410 e. The second-order valence-corrected chi connectivity index (χ2v) is 9.74. The highest BCUT2D eigenvalue weighted by Gasteiger charge is 2.46. The van der Waals surface area contributed by atoms with Crippen LogP contribution in [-0.4, -0.2) is 40.9 Å². The normalized spacial score (nSPS) is 29.0. The lowest BCUT2D eigenvalue weighted by Crippen LogP contribution is -2.42. The molecule has 1 atom stereocenters. The number of halogens is 2. The van der Waals surface area contributed by atoms with Crippen molar-refractivity contribution >= 4 is 29.3 Å². The Morgan fingerprint density at radius 1 is 1.19 bits per heavy atom. The molecule has 0 spiro atoms. The van der Waals surface area contributed by atoms with Gasteiger partial charge in [0.1, 0.15) is 5.60 Å². The van der Waals surface area contributed by atoms with Gasteiger partial charge in [0.25, 0.3) is 0 Å². The van der Waals surface area contributed by atoms with Gasteiger partial charge in [-0.25, -0.2) is 4.79 Å². The number of amides is 1. The largest absolute Gasteiger partial charge is 0.444 e. The smallest absolute Gasteiger partial charge is 0.410 e. The van der Waals surface area contributed by atoms with Gasteiger partial charge >= 0.3 is 6.09 Å². The number of carbonyl (C=O) groups is 1. The van der Waals surface area contributed by atoms with Crippen LogP contribution in [0.15, 0.2) is 18.2 Å². The van der Waals surface area contributed by atoms with Gasteiger partial charge in [0.05, 0.1) is 16.1 Å². The minimum atomic E-state index is -0.495. The molecule has 1 aliphatic carbocycles. The number of aliphatic hydroxyl groups excluding tert-OH is 1. The van der Waals surface area contributed by atoms with Crippen LogP contribution in [0.2, 0.25) is 10.0 Å². The molecule has 2 fully saturated rings. The van der Waals surface area contributed by atoms with E-state index in [-0.39, 0.29) is 17.6 Å². The van der Waals surface area contributed by atoms with Crippen LogP contribution in [0.3, 0.4) is 0 Å². The molecule has 2 aliphatic rings. The van der Waals surface area contributed by atoms with E-state index >= 15 is 0 Å². The Hall–Kier alpha value is -0.970. The predicted molar refractivity (Wildman–Crippen MR) is 109 cm³/mol. The summed E-state index contributed by atoms with van der Waals surface area (Å²) in [5.74, 6) is 0.315. The van der Waals surface area contributed by atoms with E-state index in [4.69, 9.17) is 27.9 Å². The summed E-state index contributed by atoms with van der Waals surface area (Å²) in [5, 5.41) is 11.2. The van der Waals surface area contributed by atoms with Crippen molar-refractivity contribution in [2.24, 2.45) is 5.92 Å². The van der Waals surface area contributed by atoms with Crippen LogP contribution in [-0.2, 0) is 10.2 Å². The number of ether oxygens (including phenoxy) is 1. The molecule has 1 heterocycles. The molecule has 1 amide bonds. The van der Waals surface area contributed by atoms with Crippen molar-refractivity contribution in [1.29, 1.82) is 0 Å². The summed E-state index contributed by atoms with van der Waals surface area (Å²) in [5.41, 5.74) is 0.579. The zero-order valence-electron chi connectivity index (χ0n) is 16.3. The van der Waals surface area contributed by atoms with E-state index in [1.807, 2.05) is 37.8 Å². The van der Waals surface area contributed by atoms with Gasteiger partial charge in [-0.15, -0.1) is 0 Å². The summed E-state index contributed by atoms with van der Waals surface area (Å²) in [6.45, 7) is 7.03. The van der Waals surface area contributed by atoms with E-state index in [1.165, 1.54) is 5.56 Å². The van der Waals surface area contributed by atoms with Crippen molar-refractivity contribution in [3.05, 3.63) is 33.8 Å². The topological polar surface area (TPSA) is 49.8 Å². The number of benzene rings is 1. The molecule has 1 aromatic rings. The summed E-state index contributed by atoms with van der Waals surface area (Å²) in [7, 11) is 0. The van der Waals surface area contributed by atoms with Gasteiger partial charge in [0.2, 0.25) is 0 Å². The Labute approximate surface area is 171 Å². The van der Waals surface area contributed by atoms with E-state index in [0.717, 1.165) is 32.1 Å². The Bertz CT molecular complexity index is 693. The van der Waals surface area contributed by atoms with Crippen molar-refractivity contribution in [3.8, 4) is 0 Å². The van der Waals surface area contributed by atoms with Gasteiger partial charge in [0.15, 0.2) is 0 Å². The summed E-state index contributed by atoms with van der Waals surface area (Å²) < 4.78 is 5.56. The van der Waals surface area contributed by atoms with Crippen LogP contribution in [0.4, 0.5) is 4.79 Å². The molecule has 0 radical (unpaired) electrons. The first-order chi connectivity index (χ1) is 12.6. The first kappa shape index (κ1) is 20.8. The van der Waals surface area contributed by atoms with Crippen LogP contribution in [0.1, 0.15) is 58.4 Å². The highest BCUT2D eigenvalue weighted by Crippen LogP contribution is 2.49. The van der Waals surface area contributed by atoms with Crippen molar-refractivity contribution in [2.45, 2.75) is 70.0 Å². The van der Waals surface area contributed by atoms with E-state index in [9.17, 15) is 9.90 Å². The minimum Gasteiger partial charge on any atom is -0.444 e. The molecule has 1 saturated heterocycles. The number of hydrogen-bond donors (Lipinski definition) is 1. The van der Waals surface area contributed by atoms with Crippen LogP contribution < -0.4 is 0 Å². The number of likely N-dealkylation sites (tertiary alicyclic amines) is 1. The molecule has 0 aromatic heterocycles. The molecular weight excluding hydrogens is 385 g/mol. The fraction of sp³-hybridized carbons (Fsp3) is 0.667. The maximum absolute atomic E-state index is 12.5. The number of hydrogen-bond acceptors (Lipinski definition) is 3. The van der Waals surface area contributed by atoms with Gasteiger partial charge in [0, 0.05) is 18.5 Å². The lowest BCUT2D eigenvalue weighted by atomic mass is 9.61. The molecule has 1 saturated carbocycles. The zero-order chi connectivity index (χ0) is 19.8. The van der Waals surface area contributed by atoms with E-state index in [1.54, 1.807) is 0 Å². The standard InChI is InChI=1S/C21H29Cl2NO3/c1-20(2,3)27-19(26)24-11-8-15(13-24)21(9-6-16(25)7-10-21)14-4-5-17(22)18(23)12-14/h4-5,12,15-16,25H,6-11,13H2,1-3H3/t15-,16-,21-/m1/s1. The Kier molecular flexibility index (Phi) is 6.00. The quantitative estimate of drug-likeness (QED) is 0.703. The number of nitrogens with zero attached hydrogens (tertiary/aromatic N) is 1. The molecule has 0 unspecified atom stereocenters. The monoisotopic (exact) mass is 413 g/mol. The van der Waals surface area contributed by atoms with Gasteiger partial charge in [-0.3, -0.25) is 0 Å². The maximum atomic E-state index is 12.5. The van der Waals surface area contributed by atoms with Crippen LogP contribution in [0, 0.1) is 5.92 Å². The van der Waals surface area contributed by atoms with E-state index in [2.05, 4.69) is 6.07 Å². The fourth-order valence-electron chi connectivity index (χ4n) is 4.56. The molecule has 1 N–H and O–H groups in total. The second kappa shape index (κ2) is 7.81. The first-order valence-corrected chi connectivity index (χ1v) is 10.5. The number of aliphatic hydroxyl groups is 1. The lowest BCUT2D eigenvalue weighted by molar-refractivity contribution is 0.0263. The van der Waals surface area contributed by atoms with Crippen LogP contribution in [0.5, 0.6) is 0 Å². The third-order valence-electron chi connectivity index (χ3n) is 5.96. The third kappa shape index (κ3) is 4.55. The summed E-state index contributed by atoms with van der Waals surface area (Å²) in [4.78, 5) is 14.3. The summed E-state index contributed by atoms with van der Waals surface area (Å²) in [6.07, 6.45) is 3.74. The van der Waals surface area contributed by atoms with Gasteiger partial charge < -0.3 is 14.7 Å². The Morgan fingerprint density at radius 2 is 1.85 bits per heavy atom. The Morgan fingerprint density at radius 3 is 2.44 bits per heavy atom. The SMILES string of the molecule is CC(C)(C)OC(=O)N1CC[C@@H]([C@]2(c3ccc(Cl)c(Cl)c3)CC[C@@H](O)CC2)C1. The average molecular weight is 414 g/mol. The zero-order valence-corrected chi connectivity index (χ0v) is 17.8. The van der Waals surface area contributed by atoms with E-state index in [0.29, 0.717) is 29.1 Å². The second-order valence-electron chi connectivity index (χ2n) is 8.93. The van der Waals surface area contributed by atoms with Gasteiger partial charge in [-0.2, -0.15) is 0 Å². The predicted octanol–water partition coefficient (Wildman–Crippen LogP) is 5.42. The molecule has 3 rings (SSSR count). The number of carbonyl (C=O) groups excluding carboxylic acids is 1. The lowest BCUT2D eigenvalue weighted by Gasteiger charge is -2.44. The van der Waals surface area contributed by atoms with Crippen LogP contribution >= 0.6 is 23.2 Å². The number of rotatable bonds is 2. The first-order valence-electron chi connectivity index (χ1n) is 9.72. The molecule has 150 valence electrons. The highest BCUT2D eigenvalue weighted by molar-refractivity contribution is 6.42. The van der Waals surface area contributed by atoms with Crippen molar-refractivity contribution in [2.75, 3.05) is 13.1 Å². The van der Waals surface area contributed by atoms with Crippen molar-refractivity contribution in [3.63, 3.8) is 0 Å². The molecule has 27 heavy (non-hydrogen) atoms. The summed E-state index contributed by atoms with van der Waals surface area (Å²) >= 11 is 12.4. The molecule has 4 nitrogen and oxygen atoms in total. The fourth-order valence-corrected chi connectivity index (χ4v) is 4.86. The molecular formula is C21H29Cl2NO3. The van der Waals surface area contributed by atoms with E-state index < -0.39 is 5.60 Å². The third-order valence-corrected chi connectivity index (χ3v) is 6.70. The van der Waals surface area contributed by atoms with Crippen molar-refractivity contribution in [1.82, 2.24) is 4.90 Å². The molecule has 6 heteroatoms. The molecule has 1 aliphatic heterocycles. The van der Waals surface area contributed by atoms with Crippen molar-refractivity contribution < 1.29 is 14.6 Å². The van der Waals surface area contributed by atoms with Crippen LogP contribution in [0.25, 0.3) is 0 Å². The van der Waals surface area contributed by atoms with Gasteiger partial charge in [-0.05, 0) is 76.5 Å². The Balaban J connectivity index is 1.84. The average Bonchev–Trinajstić information content (AvgIpc) is 3.08. The van der Waals surface area contributed by atoms with Gasteiger partial charge in [-0.1, -0.05) is 29.3 Å². The highest BCUT2D eigenvalue weighted by atomic mass is 35.5. The molecule has 0 bridgehead atoms. The molecule has 1 aromatic carbocycles. The summed E-state index contributed by atoms with van der Waals surface area (Å²) in [6, 6.07) is 5.88. The minimum absolute atomic E-state index is 0.0930.